The van der Waals surface area contributed by atoms with E-state index in [9.17, 15) is 13.2 Å². The van der Waals surface area contributed by atoms with Crippen molar-refractivity contribution >= 4 is 33.3 Å². The van der Waals surface area contributed by atoms with Crippen molar-refractivity contribution in [2.45, 2.75) is 5.03 Å². The van der Waals surface area contributed by atoms with Crippen LogP contribution in [0, 0.1) is 0 Å². The Morgan fingerprint density at radius 2 is 1.95 bits per heavy atom. The van der Waals surface area contributed by atoms with E-state index >= 15 is 0 Å². The van der Waals surface area contributed by atoms with Crippen LogP contribution >= 0.6 is 11.6 Å². The van der Waals surface area contributed by atoms with Crippen molar-refractivity contribution in [3.63, 3.8) is 0 Å². The van der Waals surface area contributed by atoms with Crippen molar-refractivity contribution in [3.05, 3.63) is 41.3 Å². The molecule has 1 aromatic heterocycles. The highest BCUT2D eigenvalue weighted by Crippen LogP contribution is 2.22. The normalized spacial score (nSPS) is 11.2. The van der Waals surface area contributed by atoms with E-state index in [0.717, 1.165) is 0 Å². The molecule has 2 aromatic rings. The van der Waals surface area contributed by atoms with Crippen LogP contribution in [0.4, 0.5) is 5.69 Å². The third-order valence-corrected chi connectivity index (χ3v) is 4.52. The minimum atomic E-state index is -3.89. The number of imidazole rings is 1. The summed E-state index contributed by atoms with van der Waals surface area (Å²) in [6, 6.07) is 5.79. The molecule has 9 heteroatoms. The first-order valence-electron chi connectivity index (χ1n) is 5.73. The van der Waals surface area contributed by atoms with E-state index in [1.54, 1.807) is 7.05 Å². The van der Waals surface area contributed by atoms with Gasteiger partial charge in [-0.3, -0.25) is 4.72 Å². The predicted octanol–water partition coefficient (Wildman–Crippen LogP) is 1.66. The summed E-state index contributed by atoms with van der Waals surface area (Å²) in [6.07, 6.45) is 1.30. The van der Waals surface area contributed by atoms with Gasteiger partial charge in [-0.25, -0.2) is 9.78 Å². The largest absolute Gasteiger partial charge is 0.465 e. The molecule has 1 N–H and O–H groups in total. The average Bonchev–Trinajstić information content (AvgIpc) is 2.79. The molecule has 0 saturated heterocycles. The Kier molecular flexibility index (Phi) is 4.19. The molecule has 21 heavy (non-hydrogen) atoms. The van der Waals surface area contributed by atoms with E-state index in [0.29, 0.717) is 5.56 Å². The maximum Gasteiger partial charge on any atom is 0.337 e. The maximum absolute atomic E-state index is 12.1. The third-order valence-electron chi connectivity index (χ3n) is 2.65. The smallest absolute Gasteiger partial charge is 0.337 e. The van der Waals surface area contributed by atoms with Crippen LogP contribution in [0.3, 0.4) is 0 Å². The minimum Gasteiger partial charge on any atom is -0.465 e. The summed E-state index contributed by atoms with van der Waals surface area (Å²) in [6.45, 7) is 0. The summed E-state index contributed by atoms with van der Waals surface area (Å²) < 4.78 is 32.6. The van der Waals surface area contributed by atoms with Crippen LogP contribution in [-0.4, -0.2) is 31.0 Å². The highest BCUT2D eigenvalue weighted by Gasteiger charge is 2.22. The number of rotatable bonds is 4. The molecule has 0 unspecified atom stereocenters. The molecule has 0 atom stereocenters. The number of benzene rings is 1. The molecule has 1 heterocycles. The Morgan fingerprint density at radius 1 is 1.33 bits per heavy atom. The Balaban J connectivity index is 2.25. The van der Waals surface area contributed by atoms with Crippen molar-refractivity contribution in [2.75, 3.05) is 11.8 Å². The molecule has 0 radical (unpaired) electrons. The number of nitrogens with one attached hydrogen (secondary N) is 1. The van der Waals surface area contributed by atoms with Gasteiger partial charge in [0, 0.05) is 12.7 Å². The third kappa shape index (κ3) is 3.17. The zero-order chi connectivity index (χ0) is 15.6. The molecular weight excluding hydrogens is 318 g/mol. The second-order valence-corrected chi connectivity index (χ2v) is 6.08. The van der Waals surface area contributed by atoms with Crippen LogP contribution in [-0.2, 0) is 21.8 Å². The van der Waals surface area contributed by atoms with Crippen LogP contribution < -0.4 is 4.72 Å². The fourth-order valence-electron chi connectivity index (χ4n) is 1.57. The topological polar surface area (TPSA) is 90.3 Å². The number of ether oxygens (including phenoxy) is 1. The lowest BCUT2D eigenvalue weighted by molar-refractivity contribution is 0.0601. The number of aromatic nitrogens is 2. The van der Waals surface area contributed by atoms with Gasteiger partial charge in [-0.15, -0.1) is 0 Å². The van der Waals surface area contributed by atoms with Crippen molar-refractivity contribution in [3.8, 4) is 0 Å². The van der Waals surface area contributed by atoms with Crippen molar-refractivity contribution in [1.82, 2.24) is 9.55 Å². The van der Waals surface area contributed by atoms with Gasteiger partial charge in [0.15, 0.2) is 0 Å². The monoisotopic (exact) mass is 329 g/mol. The lowest BCUT2D eigenvalue weighted by atomic mass is 10.2. The maximum atomic E-state index is 12.1. The first-order valence-corrected chi connectivity index (χ1v) is 7.59. The number of hydrogen-bond donors (Lipinski definition) is 1. The number of esters is 1. The Morgan fingerprint density at radius 3 is 2.43 bits per heavy atom. The van der Waals surface area contributed by atoms with Gasteiger partial charge in [0.2, 0.25) is 5.03 Å². The van der Waals surface area contributed by atoms with E-state index in [1.807, 2.05) is 0 Å². The summed E-state index contributed by atoms with van der Waals surface area (Å²) in [5.74, 6) is -0.503. The lowest BCUT2D eigenvalue weighted by Crippen LogP contribution is -2.14. The molecule has 0 amide bonds. The first kappa shape index (κ1) is 15.3. The molecule has 2 rings (SSSR count). The number of hydrogen-bond acceptors (Lipinski definition) is 5. The van der Waals surface area contributed by atoms with Gasteiger partial charge < -0.3 is 9.30 Å². The second-order valence-electron chi connectivity index (χ2n) is 4.13. The van der Waals surface area contributed by atoms with Crippen molar-refractivity contribution in [1.29, 1.82) is 0 Å². The summed E-state index contributed by atoms with van der Waals surface area (Å²) in [5.41, 5.74) is 0.598. The SMILES string of the molecule is COC(=O)c1ccc(NS(=O)(=O)c2ncn(C)c2Cl)cc1. The quantitative estimate of drug-likeness (QED) is 0.861. The molecule has 0 aliphatic heterocycles. The Labute approximate surface area is 126 Å². The Hall–Kier alpha value is -2.06. The highest BCUT2D eigenvalue weighted by atomic mass is 35.5. The number of nitrogens with zero attached hydrogens (tertiary/aromatic N) is 2. The molecule has 0 aliphatic rings. The summed E-state index contributed by atoms with van der Waals surface area (Å²) >= 11 is 5.87. The fraction of sp³-hybridized carbons (Fsp3) is 0.167. The van der Waals surface area contributed by atoms with Crippen LogP contribution in [0.2, 0.25) is 5.15 Å². The van der Waals surface area contributed by atoms with Gasteiger partial charge in [-0.2, -0.15) is 8.42 Å². The van der Waals surface area contributed by atoms with Crippen LogP contribution in [0.15, 0.2) is 35.6 Å². The molecule has 112 valence electrons. The van der Waals surface area contributed by atoms with Crippen LogP contribution in [0.5, 0.6) is 0 Å². The molecular formula is C12H12ClN3O4S. The van der Waals surface area contributed by atoms with E-state index in [4.69, 9.17) is 11.6 Å². The standard InChI is InChI=1S/C12H12ClN3O4S/c1-16-7-14-11(10(16)13)21(18,19)15-9-5-3-8(4-6-9)12(17)20-2/h3-7,15H,1-2H3. The molecule has 0 spiro atoms. The molecule has 1 aromatic carbocycles. The zero-order valence-corrected chi connectivity index (χ0v) is 12.8. The Bertz CT molecular complexity index is 768. The lowest BCUT2D eigenvalue weighted by Gasteiger charge is -2.07. The minimum absolute atomic E-state index is 0.00804. The summed E-state index contributed by atoms with van der Waals surface area (Å²) in [5, 5.41) is -0.252. The van der Waals surface area contributed by atoms with E-state index < -0.39 is 16.0 Å². The van der Waals surface area contributed by atoms with Crippen LogP contribution in [0.25, 0.3) is 0 Å². The van der Waals surface area contributed by atoms with Gasteiger partial charge in [-0.1, -0.05) is 11.6 Å². The van der Waals surface area contributed by atoms with E-state index in [2.05, 4.69) is 14.4 Å². The summed E-state index contributed by atoms with van der Waals surface area (Å²) in [4.78, 5) is 15.0. The summed E-state index contributed by atoms with van der Waals surface area (Å²) in [7, 11) is -1.04. The molecule has 0 aliphatic carbocycles. The van der Waals surface area contributed by atoms with Crippen LogP contribution in [0.1, 0.15) is 10.4 Å². The highest BCUT2D eigenvalue weighted by molar-refractivity contribution is 7.92. The molecule has 7 nitrogen and oxygen atoms in total. The van der Waals surface area contributed by atoms with Gasteiger partial charge in [0.05, 0.1) is 19.0 Å². The van der Waals surface area contributed by atoms with Crippen molar-refractivity contribution in [2.24, 2.45) is 7.05 Å². The number of halogens is 1. The van der Waals surface area contributed by atoms with Gasteiger partial charge in [-0.05, 0) is 24.3 Å². The number of methoxy groups -OCH3 is 1. The zero-order valence-electron chi connectivity index (χ0n) is 11.2. The number of anilines is 1. The van der Waals surface area contributed by atoms with Gasteiger partial charge in [0.1, 0.15) is 5.15 Å². The average molecular weight is 330 g/mol. The van der Waals surface area contributed by atoms with Gasteiger partial charge in [0.25, 0.3) is 10.0 Å². The number of carbonyl (C=O) groups excluding carboxylic acids is 1. The second kappa shape index (κ2) is 5.74. The molecule has 0 fully saturated rings. The number of aryl methyl sites for hydroxylation is 1. The van der Waals surface area contributed by atoms with E-state index in [1.165, 1.54) is 42.3 Å². The molecule has 0 saturated carbocycles. The number of carbonyl (C=O) groups is 1. The van der Waals surface area contributed by atoms with E-state index in [-0.39, 0.29) is 15.9 Å². The predicted molar refractivity (Wildman–Crippen MR) is 76.8 cm³/mol. The first-order chi connectivity index (χ1) is 9.85. The fourth-order valence-corrected chi connectivity index (χ4v) is 3.06. The van der Waals surface area contributed by atoms with Crippen molar-refractivity contribution < 1.29 is 17.9 Å². The number of sulfonamides is 1. The van der Waals surface area contributed by atoms with Gasteiger partial charge >= 0.3 is 5.97 Å². The molecule has 0 bridgehead atoms.